The van der Waals surface area contributed by atoms with Crippen molar-refractivity contribution in [1.29, 1.82) is 0 Å². The third-order valence-electron chi connectivity index (χ3n) is 3.95. The first-order chi connectivity index (χ1) is 9.86. The minimum Gasteiger partial charge on any atom is -0.480 e. The second-order valence-corrected chi connectivity index (χ2v) is 6.16. The number of halogens is 1. The van der Waals surface area contributed by atoms with Crippen molar-refractivity contribution in [2.24, 2.45) is 5.92 Å². The van der Waals surface area contributed by atoms with E-state index in [9.17, 15) is 14.3 Å². The lowest BCUT2D eigenvalue weighted by Gasteiger charge is -2.37. The minimum absolute atomic E-state index is 0.0516. The summed E-state index contributed by atoms with van der Waals surface area (Å²) in [6, 6.07) is 6.50. The Morgan fingerprint density at radius 1 is 1.48 bits per heavy atom. The molecule has 116 valence electrons. The van der Waals surface area contributed by atoms with Gasteiger partial charge in [0.2, 0.25) is 0 Å². The average molecular weight is 294 g/mol. The summed E-state index contributed by atoms with van der Waals surface area (Å²) >= 11 is 0. The van der Waals surface area contributed by atoms with Crippen molar-refractivity contribution in [3.8, 4) is 0 Å². The third-order valence-corrected chi connectivity index (χ3v) is 3.95. The molecule has 1 aromatic carbocycles. The molecule has 0 bridgehead atoms. The van der Waals surface area contributed by atoms with E-state index in [1.807, 2.05) is 13.8 Å². The molecule has 1 fully saturated rings. The summed E-state index contributed by atoms with van der Waals surface area (Å²) in [5.41, 5.74) is -0.597. The molecule has 1 aliphatic carbocycles. The molecule has 0 aromatic heterocycles. The number of carbonyl (C=O) groups is 1. The van der Waals surface area contributed by atoms with Gasteiger partial charge < -0.3 is 10.0 Å². The Labute approximate surface area is 125 Å². The van der Waals surface area contributed by atoms with Gasteiger partial charge in [-0.25, -0.2) is 4.39 Å². The maximum absolute atomic E-state index is 13.9. The highest BCUT2D eigenvalue weighted by Crippen LogP contribution is 2.41. The Hall–Kier alpha value is -1.62. The van der Waals surface area contributed by atoms with Gasteiger partial charge in [0.05, 0.1) is 5.69 Å². The first kappa shape index (κ1) is 15.8. The van der Waals surface area contributed by atoms with E-state index in [-0.39, 0.29) is 24.3 Å². The third kappa shape index (κ3) is 3.35. The zero-order chi connectivity index (χ0) is 15.6. The fraction of sp³-hybridized carbons (Fsp3) is 0.562. The van der Waals surface area contributed by atoms with E-state index in [0.29, 0.717) is 5.69 Å². The molecule has 0 heterocycles. The molecule has 5 heteroatoms. The van der Waals surface area contributed by atoms with E-state index >= 15 is 0 Å². The zero-order valence-electron chi connectivity index (χ0n) is 12.8. The number of rotatable bonds is 7. The van der Waals surface area contributed by atoms with Crippen molar-refractivity contribution in [3.05, 3.63) is 30.1 Å². The minimum atomic E-state index is -1.02. The largest absolute Gasteiger partial charge is 0.480 e. The molecule has 0 spiro atoms. The fourth-order valence-electron chi connectivity index (χ4n) is 2.91. The highest BCUT2D eigenvalue weighted by molar-refractivity contribution is 5.81. The van der Waals surface area contributed by atoms with E-state index < -0.39 is 11.5 Å². The predicted molar refractivity (Wildman–Crippen MR) is 81.0 cm³/mol. The summed E-state index contributed by atoms with van der Waals surface area (Å²) < 4.78 is 13.9. The number of nitrogens with one attached hydrogen (secondary N) is 1. The van der Waals surface area contributed by atoms with Crippen LogP contribution in [0, 0.1) is 11.7 Å². The molecule has 1 aliphatic rings. The van der Waals surface area contributed by atoms with Gasteiger partial charge in [-0.15, -0.1) is 0 Å². The van der Waals surface area contributed by atoms with Crippen LogP contribution in [-0.4, -0.2) is 36.2 Å². The van der Waals surface area contributed by atoms with Gasteiger partial charge in [0.25, 0.3) is 0 Å². The van der Waals surface area contributed by atoms with Crippen molar-refractivity contribution in [3.63, 3.8) is 0 Å². The van der Waals surface area contributed by atoms with Crippen LogP contribution in [0.3, 0.4) is 0 Å². The predicted octanol–water partition coefficient (Wildman–Crippen LogP) is 2.49. The highest BCUT2D eigenvalue weighted by Gasteiger charge is 2.52. The quantitative estimate of drug-likeness (QED) is 0.811. The van der Waals surface area contributed by atoms with Gasteiger partial charge in [-0.2, -0.15) is 0 Å². The van der Waals surface area contributed by atoms with Crippen molar-refractivity contribution in [1.82, 2.24) is 5.32 Å². The monoisotopic (exact) mass is 294 g/mol. The van der Waals surface area contributed by atoms with Crippen LogP contribution in [0.2, 0.25) is 0 Å². The molecule has 0 saturated heterocycles. The van der Waals surface area contributed by atoms with E-state index in [4.69, 9.17) is 0 Å². The molecule has 2 N–H and O–H groups in total. The van der Waals surface area contributed by atoms with Crippen molar-refractivity contribution < 1.29 is 14.3 Å². The Balaban J connectivity index is 2.26. The number of para-hydroxylation sites is 1. The molecule has 4 nitrogen and oxygen atoms in total. The lowest BCUT2D eigenvalue weighted by molar-refractivity contribution is -0.145. The second-order valence-electron chi connectivity index (χ2n) is 6.16. The Kier molecular flexibility index (Phi) is 4.52. The number of anilines is 1. The summed E-state index contributed by atoms with van der Waals surface area (Å²) in [5.74, 6) is -1.09. The van der Waals surface area contributed by atoms with E-state index in [1.54, 1.807) is 30.1 Å². The SMILES string of the molecule is CC(C)NC(CN(C)c1ccccc1F)(C(=O)O)C1CC1. The van der Waals surface area contributed by atoms with Crippen molar-refractivity contribution in [2.45, 2.75) is 38.3 Å². The number of nitrogens with zero attached hydrogens (tertiary/aromatic N) is 1. The number of likely N-dealkylation sites (N-methyl/N-ethyl adjacent to an activating group) is 1. The van der Waals surface area contributed by atoms with Gasteiger partial charge in [-0.3, -0.25) is 10.1 Å². The van der Waals surface area contributed by atoms with Crippen molar-refractivity contribution >= 4 is 11.7 Å². The normalized spacial score (nSPS) is 17.6. The average Bonchev–Trinajstić information content (AvgIpc) is 3.21. The van der Waals surface area contributed by atoms with Gasteiger partial charge in [0, 0.05) is 19.6 Å². The summed E-state index contributed by atoms with van der Waals surface area (Å²) in [5, 5.41) is 13.0. The van der Waals surface area contributed by atoms with Gasteiger partial charge in [0.1, 0.15) is 11.4 Å². The van der Waals surface area contributed by atoms with Crippen LogP contribution in [0.25, 0.3) is 0 Å². The molecule has 0 radical (unpaired) electrons. The van der Waals surface area contributed by atoms with Crippen LogP contribution in [0.15, 0.2) is 24.3 Å². The topological polar surface area (TPSA) is 52.6 Å². The van der Waals surface area contributed by atoms with Crippen LogP contribution in [0.1, 0.15) is 26.7 Å². The Morgan fingerprint density at radius 3 is 2.57 bits per heavy atom. The molecular formula is C16H23FN2O2. The number of carboxylic acids is 1. The summed E-state index contributed by atoms with van der Waals surface area (Å²) in [6.45, 7) is 4.11. The lowest BCUT2D eigenvalue weighted by atomic mass is 9.91. The van der Waals surface area contributed by atoms with Gasteiger partial charge in [-0.05, 0) is 44.7 Å². The number of aliphatic carboxylic acids is 1. The molecule has 0 amide bonds. The molecule has 1 aromatic rings. The zero-order valence-corrected chi connectivity index (χ0v) is 12.8. The lowest BCUT2D eigenvalue weighted by Crippen LogP contribution is -2.62. The number of hydrogen-bond donors (Lipinski definition) is 2. The Bertz CT molecular complexity index is 517. The van der Waals surface area contributed by atoms with Crippen molar-refractivity contribution in [2.75, 3.05) is 18.5 Å². The fourth-order valence-corrected chi connectivity index (χ4v) is 2.91. The maximum Gasteiger partial charge on any atom is 0.326 e. The molecule has 21 heavy (non-hydrogen) atoms. The first-order valence-corrected chi connectivity index (χ1v) is 7.33. The Morgan fingerprint density at radius 2 is 2.10 bits per heavy atom. The molecular weight excluding hydrogens is 271 g/mol. The van der Waals surface area contributed by atoms with Crippen LogP contribution in [0.4, 0.5) is 10.1 Å². The summed E-state index contributed by atoms with van der Waals surface area (Å²) in [6.07, 6.45) is 1.80. The molecule has 1 unspecified atom stereocenters. The molecule has 2 rings (SSSR count). The van der Waals surface area contributed by atoms with Crippen LogP contribution >= 0.6 is 0 Å². The van der Waals surface area contributed by atoms with Gasteiger partial charge >= 0.3 is 5.97 Å². The van der Waals surface area contributed by atoms with Crippen LogP contribution in [-0.2, 0) is 4.79 Å². The standard InChI is InChI=1S/C16H23FN2O2/c1-11(2)18-16(15(20)21,12-8-9-12)10-19(3)14-7-5-4-6-13(14)17/h4-7,11-12,18H,8-10H2,1-3H3,(H,20,21). The van der Waals surface area contributed by atoms with E-state index in [0.717, 1.165) is 12.8 Å². The van der Waals surface area contributed by atoms with Crippen LogP contribution in [0.5, 0.6) is 0 Å². The van der Waals surface area contributed by atoms with Gasteiger partial charge in [0.15, 0.2) is 0 Å². The number of benzene rings is 1. The van der Waals surface area contributed by atoms with E-state index in [2.05, 4.69) is 5.32 Å². The number of hydrogen-bond acceptors (Lipinski definition) is 3. The van der Waals surface area contributed by atoms with E-state index in [1.165, 1.54) is 6.07 Å². The van der Waals surface area contributed by atoms with Crippen LogP contribution < -0.4 is 10.2 Å². The smallest absolute Gasteiger partial charge is 0.326 e. The first-order valence-electron chi connectivity index (χ1n) is 7.33. The van der Waals surface area contributed by atoms with Gasteiger partial charge in [-0.1, -0.05) is 12.1 Å². The highest BCUT2D eigenvalue weighted by atomic mass is 19.1. The molecule has 0 aliphatic heterocycles. The summed E-state index contributed by atoms with van der Waals surface area (Å²) in [7, 11) is 1.74. The second kappa shape index (κ2) is 6.02. The maximum atomic E-state index is 13.9. The summed E-state index contributed by atoms with van der Waals surface area (Å²) in [4.78, 5) is 13.6. The molecule has 1 atom stereocenters. The molecule has 1 saturated carbocycles. The number of carboxylic acid groups (broad SMARTS) is 1.